The van der Waals surface area contributed by atoms with Crippen LogP contribution in [-0.4, -0.2) is 6.54 Å². The second-order valence-electron chi connectivity index (χ2n) is 3.56. The van der Waals surface area contributed by atoms with Gasteiger partial charge in [-0.05, 0) is 19.4 Å². The van der Waals surface area contributed by atoms with E-state index < -0.39 is 0 Å². The van der Waals surface area contributed by atoms with E-state index >= 15 is 0 Å². The number of hydrogen-bond acceptors (Lipinski definition) is 1. The molecule has 0 aromatic heterocycles. The molecule has 1 N–H and O–H groups in total. The summed E-state index contributed by atoms with van der Waals surface area (Å²) in [6, 6.07) is 8.69. The molecule has 0 spiro atoms. The molecule has 1 aromatic carbocycles. The Kier molecular flexibility index (Phi) is 3.10. The molecule has 1 heteroatoms. The third-order valence-electron chi connectivity index (χ3n) is 2.36. The van der Waals surface area contributed by atoms with Gasteiger partial charge in [0.15, 0.2) is 0 Å². The van der Waals surface area contributed by atoms with Gasteiger partial charge in [0.2, 0.25) is 0 Å². The molecule has 72 valence electrons. The Morgan fingerprint density at radius 2 is 1.92 bits per heavy atom. The molecule has 1 heterocycles. The third kappa shape index (κ3) is 2.31. The first kappa shape index (κ1) is 10.3. The van der Waals surface area contributed by atoms with Crippen molar-refractivity contribution in [3.8, 4) is 0 Å². The van der Waals surface area contributed by atoms with Crippen LogP contribution < -0.4 is 5.32 Å². The molecule has 1 aliphatic rings. The Morgan fingerprint density at radius 1 is 1.31 bits per heavy atom. The van der Waals surface area contributed by atoms with Crippen LogP contribution >= 0.6 is 0 Å². The second kappa shape index (κ2) is 3.93. The van der Waals surface area contributed by atoms with Crippen molar-refractivity contribution in [2.45, 2.75) is 33.2 Å². The molecule has 0 radical (unpaired) electrons. The Bertz CT molecular complexity index is 274. The molecule has 1 fully saturated rings. The zero-order chi connectivity index (χ0) is 9.90. The van der Waals surface area contributed by atoms with Crippen molar-refractivity contribution in [1.82, 2.24) is 5.32 Å². The van der Waals surface area contributed by atoms with Gasteiger partial charge >= 0.3 is 0 Å². The second-order valence-corrected chi connectivity index (χ2v) is 3.56. The summed E-state index contributed by atoms with van der Waals surface area (Å²) >= 11 is 0. The monoisotopic (exact) mass is 177 g/mol. The van der Waals surface area contributed by atoms with Crippen molar-refractivity contribution in [3.63, 3.8) is 0 Å². The highest BCUT2D eigenvalue weighted by atomic mass is 15.1. The molecule has 1 atom stereocenters. The lowest BCUT2D eigenvalue weighted by Crippen LogP contribution is -2.06. The summed E-state index contributed by atoms with van der Waals surface area (Å²) in [5, 5.41) is 3.35. The third-order valence-corrected chi connectivity index (χ3v) is 2.36. The fourth-order valence-electron chi connectivity index (χ4n) is 1.32. The summed E-state index contributed by atoms with van der Waals surface area (Å²) in [7, 11) is 0. The average Bonchev–Trinajstić information content (AvgIpc) is 2.89. The van der Waals surface area contributed by atoms with E-state index in [-0.39, 0.29) is 5.54 Å². The minimum atomic E-state index is 0.284. The van der Waals surface area contributed by atoms with Crippen molar-refractivity contribution in [2.24, 2.45) is 0 Å². The van der Waals surface area contributed by atoms with E-state index in [0.29, 0.717) is 0 Å². The molecule has 0 aliphatic carbocycles. The van der Waals surface area contributed by atoms with Gasteiger partial charge in [-0.1, -0.05) is 43.7 Å². The van der Waals surface area contributed by atoms with Crippen molar-refractivity contribution < 1.29 is 0 Å². The van der Waals surface area contributed by atoms with Gasteiger partial charge in [0.25, 0.3) is 0 Å². The molecule has 0 amide bonds. The summed E-state index contributed by atoms with van der Waals surface area (Å²) in [4.78, 5) is 0. The molecule has 1 saturated heterocycles. The Labute approximate surface area is 81.2 Å². The molecule has 13 heavy (non-hydrogen) atoms. The van der Waals surface area contributed by atoms with E-state index in [4.69, 9.17) is 0 Å². The van der Waals surface area contributed by atoms with E-state index in [2.05, 4.69) is 43.4 Å². The van der Waals surface area contributed by atoms with Crippen LogP contribution in [-0.2, 0) is 5.54 Å². The predicted molar refractivity (Wildman–Crippen MR) is 57.9 cm³/mol. The predicted octanol–water partition coefficient (Wildman–Crippen LogP) is 2.84. The molecular formula is C12H19N. The summed E-state index contributed by atoms with van der Waals surface area (Å²) < 4.78 is 0. The largest absolute Gasteiger partial charge is 0.304 e. The summed E-state index contributed by atoms with van der Waals surface area (Å²) in [6.45, 7) is 9.49. The zero-order valence-corrected chi connectivity index (χ0v) is 9.02. The maximum Gasteiger partial charge on any atom is 0.0533 e. The Morgan fingerprint density at radius 3 is 2.38 bits per heavy atom. The smallest absolute Gasteiger partial charge is 0.0533 e. The molecule has 0 bridgehead atoms. The van der Waals surface area contributed by atoms with Crippen LogP contribution in [0, 0.1) is 6.92 Å². The molecular weight excluding hydrogens is 158 g/mol. The number of rotatable bonds is 1. The highest BCUT2D eigenvalue weighted by Gasteiger charge is 2.37. The van der Waals surface area contributed by atoms with Crippen molar-refractivity contribution >= 4 is 0 Å². The zero-order valence-electron chi connectivity index (χ0n) is 9.02. The normalized spacial score (nSPS) is 24.6. The Balaban J connectivity index is 0.000000396. The van der Waals surface area contributed by atoms with Crippen LogP contribution in [0.2, 0.25) is 0 Å². The van der Waals surface area contributed by atoms with Gasteiger partial charge in [-0.3, -0.25) is 0 Å². The van der Waals surface area contributed by atoms with Gasteiger partial charge < -0.3 is 5.32 Å². The summed E-state index contributed by atoms with van der Waals surface area (Å²) in [5.74, 6) is 0. The van der Waals surface area contributed by atoms with E-state index in [0.717, 1.165) is 6.54 Å². The fourth-order valence-corrected chi connectivity index (χ4v) is 1.32. The van der Waals surface area contributed by atoms with Gasteiger partial charge in [-0.25, -0.2) is 0 Å². The molecule has 1 aliphatic heterocycles. The molecule has 1 nitrogen and oxygen atoms in total. The lowest BCUT2D eigenvalue weighted by molar-refractivity contribution is 0.763. The quantitative estimate of drug-likeness (QED) is 0.655. The first-order chi connectivity index (χ1) is 6.21. The van der Waals surface area contributed by atoms with E-state index in [1.165, 1.54) is 11.1 Å². The van der Waals surface area contributed by atoms with Crippen LogP contribution in [0.15, 0.2) is 24.3 Å². The number of hydrogen-bond donors (Lipinski definition) is 1. The van der Waals surface area contributed by atoms with Crippen LogP contribution in [0.5, 0.6) is 0 Å². The van der Waals surface area contributed by atoms with Crippen LogP contribution in [0.25, 0.3) is 0 Å². The van der Waals surface area contributed by atoms with Gasteiger partial charge in [0.1, 0.15) is 0 Å². The van der Waals surface area contributed by atoms with Crippen molar-refractivity contribution in [1.29, 1.82) is 0 Å². The molecule has 0 saturated carbocycles. The average molecular weight is 177 g/mol. The SMILES string of the molecule is CC.Cc1cccc(C2(C)CN2)c1. The van der Waals surface area contributed by atoms with Crippen LogP contribution in [0.4, 0.5) is 0 Å². The first-order valence-corrected chi connectivity index (χ1v) is 5.03. The Hall–Kier alpha value is -0.820. The summed E-state index contributed by atoms with van der Waals surface area (Å²) in [6.07, 6.45) is 0. The molecule has 1 aromatic rings. The van der Waals surface area contributed by atoms with Gasteiger partial charge in [-0.2, -0.15) is 0 Å². The topological polar surface area (TPSA) is 21.9 Å². The van der Waals surface area contributed by atoms with E-state index in [1.54, 1.807) is 0 Å². The lowest BCUT2D eigenvalue weighted by atomic mass is 10.00. The van der Waals surface area contributed by atoms with E-state index in [1.807, 2.05) is 13.8 Å². The highest BCUT2D eigenvalue weighted by molar-refractivity contribution is 5.32. The standard InChI is InChI=1S/C10H13N.C2H6/c1-8-4-3-5-9(6-8)10(2)7-11-10;1-2/h3-6,11H,7H2,1-2H3;1-2H3. The number of aryl methyl sites for hydroxylation is 1. The van der Waals surface area contributed by atoms with E-state index in [9.17, 15) is 0 Å². The fraction of sp³-hybridized carbons (Fsp3) is 0.500. The minimum Gasteiger partial charge on any atom is -0.304 e. The van der Waals surface area contributed by atoms with Crippen molar-refractivity contribution in [3.05, 3.63) is 35.4 Å². The first-order valence-electron chi connectivity index (χ1n) is 5.03. The molecule has 2 rings (SSSR count). The maximum absolute atomic E-state index is 3.35. The van der Waals surface area contributed by atoms with Gasteiger partial charge in [0.05, 0.1) is 5.54 Å². The van der Waals surface area contributed by atoms with Gasteiger partial charge in [0, 0.05) is 6.54 Å². The highest BCUT2D eigenvalue weighted by Crippen LogP contribution is 2.29. The van der Waals surface area contributed by atoms with Crippen LogP contribution in [0.3, 0.4) is 0 Å². The van der Waals surface area contributed by atoms with Gasteiger partial charge in [-0.15, -0.1) is 0 Å². The van der Waals surface area contributed by atoms with Crippen LogP contribution in [0.1, 0.15) is 31.9 Å². The number of benzene rings is 1. The lowest BCUT2D eigenvalue weighted by Gasteiger charge is -2.06. The molecule has 1 unspecified atom stereocenters. The number of nitrogens with one attached hydrogen (secondary N) is 1. The van der Waals surface area contributed by atoms with Crippen molar-refractivity contribution in [2.75, 3.05) is 6.54 Å². The maximum atomic E-state index is 3.35. The minimum absolute atomic E-state index is 0.284. The summed E-state index contributed by atoms with van der Waals surface area (Å²) in [5.41, 5.74) is 3.04.